The van der Waals surface area contributed by atoms with Gasteiger partial charge in [0.15, 0.2) is 0 Å². The zero-order valence-corrected chi connectivity index (χ0v) is 10.4. The van der Waals surface area contributed by atoms with E-state index < -0.39 is 0 Å². The normalized spacial score (nSPS) is 8.36. The van der Waals surface area contributed by atoms with Gasteiger partial charge in [-0.2, -0.15) is 0 Å². The van der Waals surface area contributed by atoms with Crippen LogP contribution in [0.5, 0.6) is 0 Å². The van der Waals surface area contributed by atoms with E-state index in [1.165, 1.54) is 5.56 Å². The standard InChI is InChI=1S/C8H9.2CH3.Sn/c1-7-4-3-5-8(2)6-7;;;/h3-6H,1H2,2H3;2*1H3;. The van der Waals surface area contributed by atoms with Crippen LogP contribution < -0.4 is 0 Å². The fourth-order valence-corrected chi connectivity index (χ4v) is 0.712. The van der Waals surface area contributed by atoms with E-state index in [0.717, 1.165) is 5.56 Å². The van der Waals surface area contributed by atoms with Crippen LogP contribution in [0.25, 0.3) is 0 Å². The van der Waals surface area contributed by atoms with Crippen LogP contribution in [0.1, 0.15) is 11.1 Å². The first-order valence-corrected chi connectivity index (χ1v) is 9.38. The first kappa shape index (κ1) is 11.0. The van der Waals surface area contributed by atoms with Crippen molar-refractivity contribution in [2.45, 2.75) is 16.8 Å². The second-order valence-corrected chi connectivity index (χ2v) is 5.34. The minimum absolute atomic E-state index is 0.230. The van der Waals surface area contributed by atoms with Crippen LogP contribution >= 0.6 is 0 Å². The minimum atomic E-state index is 0.230. The van der Waals surface area contributed by atoms with Crippen LogP contribution in [-0.2, 0) is 0 Å². The molecule has 0 unspecified atom stereocenters. The monoisotopic (exact) mass is 255 g/mol. The molecule has 1 heteroatoms. The second-order valence-electron chi connectivity index (χ2n) is 2.49. The van der Waals surface area contributed by atoms with Gasteiger partial charge in [-0.1, -0.05) is 29.8 Å². The molecule has 1 aromatic carbocycles. The van der Waals surface area contributed by atoms with Gasteiger partial charge in [0.2, 0.25) is 0 Å². The van der Waals surface area contributed by atoms with E-state index in [1.54, 1.807) is 0 Å². The quantitative estimate of drug-likeness (QED) is 0.624. The van der Waals surface area contributed by atoms with E-state index >= 15 is 0 Å². The molecule has 0 saturated heterocycles. The van der Waals surface area contributed by atoms with Crippen LogP contribution in [0.15, 0.2) is 24.3 Å². The van der Waals surface area contributed by atoms with Crippen LogP contribution in [0, 0.1) is 13.8 Å². The molecule has 0 aliphatic carbocycles. The fourth-order valence-electron chi connectivity index (χ4n) is 0.712. The van der Waals surface area contributed by atoms with Crippen molar-refractivity contribution in [3.05, 3.63) is 42.3 Å². The molecular weight excluding hydrogens is 239 g/mol. The van der Waals surface area contributed by atoms with Gasteiger partial charge in [-0.25, -0.2) is 0 Å². The molecule has 0 N–H and O–H groups in total. The van der Waals surface area contributed by atoms with Crippen LogP contribution in [0.3, 0.4) is 0 Å². The Labute approximate surface area is 80.2 Å². The van der Waals surface area contributed by atoms with Gasteiger partial charge in [-0.15, -0.1) is 0 Å². The van der Waals surface area contributed by atoms with E-state index in [0.29, 0.717) is 0 Å². The first-order valence-electron chi connectivity index (χ1n) is 3.67. The average molecular weight is 254 g/mol. The summed E-state index contributed by atoms with van der Waals surface area (Å²) in [5.74, 6) is 0. The van der Waals surface area contributed by atoms with E-state index in [2.05, 4.69) is 35.9 Å². The van der Waals surface area contributed by atoms with Crippen molar-refractivity contribution in [1.82, 2.24) is 0 Å². The molecule has 1 aromatic rings. The zero-order valence-electron chi connectivity index (χ0n) is 7.52. The van der Waals surface area contributed by atoms with Crippen molar-refractivity contribution >= 4 is 21.1 Å². The molecule has 0 aliphatic heterocycles. The predicted octanol–water partition coefficient (Wildman–Crippen LogP) is 2.96. The summed E-state index contributed by atoms with van der Waals surface area (Å²) in [5, 5.41) is 0. The summed E-state index contributed by atoms with van der Waals surface area (Å²) in [6.45, 7) is 5.85. The van der Waals surface area contributed by atoms with E-state index in [1.807, 2.05) is 12.1 Å². The van der Waals surface area contributed by atoms with Gasteiger partial charge < -0.3 is 0 Å². The summed E-state index contributed by atoms with van der Waals surface area (Å²) in [6.07, 6.45) is 0. The van der Waals surface area contributed by atoms with Gasteiger partial charge in [0.1, 0.15) is 0 Å². The SMILES string of the molecule is [CH2]c1cccc(C)c1.[CH3][Sn][CH3]. The first-order chi connectivity index (χ1) is 5.20. The summed E-state index contributed by atoms with van der Waals surface area (Å²) >= 11 is 0.230. The molecule has 0 atom stereocenters. The van der Waals surface area contributed by atoms with Gasteiger partial charge in [0, 0.05) is 0 Å². The van der Waals surface area contributed by atoms with Gasteiger partial charge in [0.25, 0.3) is 0 Å². The molecule has 0 bridgehead atoms. The summed E-state index contributed by atoms with van der Waals surface area (Å²) in [4.78, 5) is 4.59. The fraction of sp³-hybridized carbons (Fsp3) is 0.300. The third-order valence-corrected chi connectivity index (χ3v) is 1.08. The van der Waals surface area contributed by atoms with Crippen molar-refractivity contribution in [2.75, 3.05) is 0 Å². The Morgan fingerprint density at radius 2 is 1.82 bits per heavy atom. The van der Waals surface area contributed by atoms with Crippen molar-refractivity contribution in [3.63, 3.8) is 0 Å². The number of aryl methyl sites for hydroxylation is 1. The Morgan fingerprint density at radius 1 is 1.27 bits per heavy atom. The molecule has 11 heavy (non-hydrogen) atoms. The molecule has 0 aliphatic rings. The molecule has 0 fully saturated rings. The molecule has 0 aromatic heterocycles. The van der Waals surface area contributed by atoms with Crippen molar-refractivity contribution in [1.29, 1.82) is 0 Å². The number of benzene rings is 1. The molecule has 0 saturated carbocycles. The van der Waals surface area contributed by atoms with Crippen LogP contribution in [0.2, 0.25) is 9.88 Å². The van der Waals surface area contributed by atoms with Crippen molar-refractivity contribution in [2.24, 2.45) is 0 Å². The van der Waals surface area contributed by atoms with Crippen molar-refractivity contribution in [3.8, 4) is 0 Å². The third-order valence-electron chi connectivity index (χ3n) is 1.08. The number of hydrogen-bond acceptors (Lipinski definition) is 0. The van der Waals surface area contributed by atoms with E-state index in [-0.39, 0.29) is 21.1 Å². The molecule has 0 heterocycles. The van der Waals surface area contributed by atoms with Crippen LogP contribution in [-0.4, -0.2) is 21.1 Å². The average Bonchev–Trinajstić information content (AvgIpc) is 1.88. The Balaban J connectivity index is 0.000000292. The zero-order chi connectivity index (χ0) is 8.69. The number of rotatable bonds is 0. The van der Waals surface area contributed by atoms with E-state index in [9.17, 15) is 0 Å². The summed E-state index contributed by atoms with van der Waals surface area (Å²) in [6, 6.07) is 8.12. The molecule has 1 rings (SSSR count). The summed E-state index contributed by atoms with van der Waals surface area (Å²) < 4.78 is 0. The Kier molecular flexibility index (Phi) is 6.72. The summed E-state index contributed by atoms with van der Waals surface area (Å²) in [5.41, 5.74) is 2.36. The Morgan fingerprint density at radius 3 is 2.09 bits per heavy atom. The second kappa shape index (κ2) is 6.71. The molecular formula is C10H15Sn. The summed E-state index contributed by atoms with van der Waals surface area (Å²) in [7, 11) is 0. The van der Waals surface area contributed by atoms with Crippen molar-refractivity contribution < 1.29 is 0 Å². The maximum atomic E-state index is 3.78. The van der Waals surface area contributed by atoms with E-state index in [4.69, 9.17) is 0 Å². The van der Waals surface area contributed by atoms with Gasteiger partial charge in [-0.3, -0.25) is 0 Å². The Hall–Kier alpha value is 0.0187. The van der Waals surface area contributed by atoms with Crippen LogP contribution in [0.4, 0.5) is 0 Å². The topological polar surface area (TPSA) is 0 Å². The number of hydrogen-bond donors (Lipinski definition) is 0. The molecule has 0 nitrogen and oxygen atoms in total. The van der Waals surface area contributed by atoms with Gasteiger partial charge >= 0.3 is 31.0 Å². The molecule has 3 radical (unpaired) electrons. The molecule has 0 amide bonds. The molecule has 0 spiro atoms. The predicted molar refractivity (Wildman–Crippen MR) is 53.1 cm³/mol. The Bertz CT molecular complexity index is 177. The molecule has 59 valence electrons. The third kappa shape index (κ3) is 6.42. The van der Waals surface area contributed by atoms with Gasteiger partial charge in [-0.05, 0) is 19.4 Å². The van der Waals surface area contributed by atoms with Gasteiger partial charge in [0.05, 0.1) is 0 Å². The maximum absolute atomic E-state index is 3.78.